The lowest BCUT2D eigenvalue weighted by Crippen LogP contribution is -2.38. The van der Waals surface area contributed by atoms with Crippen LogP contribution < -0.4 is 0 Å². The molecule has 1 aliphatic rings. The van der Waals surface area contributed by atoms with Crippen LogP contribution in [0.25, 0.3) is 10.9 Å². The number of para-hydroxylation sites is 1. The zero-order valence-electron chi connectivity index (χ0n) is 17.2. The Morgan fingerprint density at radius 2 is 1.89 bits per heavy atom. The topological polar surface area (TPSA) is 60.8 Å². The fraction of sp³-hybridized carbons (Fsp3) is 0.455. The molecule has 0 N–H and O–H groups in total. The lowest BCUT2D eigenvalue weighted by Gasteiger charge is -2.35. The Morgan fingerprint density at radius 1 is 1.18 bits per heavy atom. The van der Waals surface area contributed by atoms with Crippen molar-refractivity contribution in [2.24, 2.45) is 0 Å². The summed E-state index contributed by atoms with van der Waals surface area (Å²) in [4.78, 5) is 27.0. The van der Waals surface area contributed by atoms with Gasteiger partial charge in [0.05, 0.1) is 18.7 Å². The first-order chi connectivity index (χ1) is 13.3. The van der Waals surface area contributed by atoms with Crippen LogP contribution in [0.3, 0.4) is 0 Å². The van der Waals surface area contributed by atoms with Crippen LogP contribution in [0.2, 0.25) is 0 Å². The molecular weight excluding hydrogens is 356 g/mol. The molecule has 1 aromatic heterocycles. The van der Waals surface area contributed by atoms with Gasteiger partial charge in [-0.3, -0.25) is 9.47 Å². The number of fused-ring (bicyclic) bond motifs is 1. The highest BCUT2D eigenvalue weighted by molar-refractivity contribution is 5.93. The lowest BCUT2D eigenvalue weighted by atomic mass is 9.91. The number of amides is 1. The molecule has 0 bridgehead atoms. The minimum atomic E-state index is -0.597. The maximum absolute atomic E-state index is 12.8. The average Bonchev–Trinajstić information content (AvgIpc) is 3.05. The number of aromatic nitrogens is 1. The third-order valence-corrected chi connectivity index (χ3v) is 4.88. The van der Waals surface area contributed by atoms with Crippen LogP contribution in [0, 0.1) is 0 Å². The van der Waals surface area contributed by atoms with Crippen molar-refractivity contribution in [2.45, 2.75) is 52.2 Å². The molecule has 3 rings (SSSR count). The zero-order chi connectivity index (χ0) is 20.5. The van der Waals surface area contributed by atoms with Crippen LogP contribution in [-0.2, 0) is 9.47 Å². The SMILES string of the molecule is CCC1=CCCN(C(=O)OC)C1c1cn(C(=O)OC(C)(C)C)c2ccccc12. The highest BCUT2D eigenvalue weighted by Crippen LogP contribution is 2.39. The molecule has 0 spiro atoms. The van der Waals surface area contributed by atoms with Crippen LogP contribution in [0.5, 0.6) is 0 Å². The molecule has 1 unspecified atom stereocenters. The predicted octanol–water partition coefficient (Wildman–Crippen LogP) is 5.27. The molecule has 28 heavy (non-hydrogen) atoms. The van der Waals surface area contributed by atoms with Gasteiger partial charge in [0, 0.05) is 23.7 Å². The molecule has 1 aliphatic heterocycles. The fourth-order valence-corrected chi connectivity index (χ4v) is 3.74. The van der Waals surface area contributed by atoms with Crippen molar-refractivity contribution < 1.29 is 19.1 Å². The van der Waals surface area contributed by atoms with Crippen molar-refractivity contribution in [3.05, 3.63) is 47.7 Å². The molecule has 0 radical (unpaired) electrons. The van der Waals surface area contributed by atoms with Gasteiger partial charge in [-0.2, -0.15) is 0 Å². The van der Waals surface area contributed by atoms with Gasteiger partial charge in [-0.15, -0.1) is 0 Å². The smallest absolute Gasteiger partial charge is 0.419 e. The molecule has 0 aliphatic carbocycles. The number of rotatable bonds is 2. The maximum Gasteiger partial charge on any atom is 0.419 e. The van der Waals surface area contributed by atoms with E-state index in [0.717, 1.165) is 34.9 Å². The van der Waals surface area contributed by atoms with Gasteiger partial charge in [-0.05, 0) is 45.3 Å². The second kappa shape index (κ2) is 7.70. The van der Waals surface area contributed by atoms with E-state index >= 15 is 0 Å². The molecule has 6 heteroatoms. The quantitative estimate of drug-likeness (QED) is 0.662. The van der Waals surface area contributed by atoms with Gasteiger partial charge < -0.3 is 9.47 Å². The summed E-state index contributed by atoms with van der Waals surface area (Å²) < 4.78 is 12.1. The number of methoxy groups -OCH3 is 1. The molecule has 0 saturated heterocycles. The van der Waals surface area contributed by atoms with Gasteiger partial charge in [0.25, 0.3) is 0 Å². The van der Waals surface area contributed by atoms with Gasteiger partial charge >= 0.3 is 12.2 Å². The number of carbonyl (C=O) groups is 2. The largest absolute Gasteiger partial charge is 0.453 e. The Morgan fingerprint density at radius 3 is 2.54 bits per heavy atom. The Bertz CT molecular complexity index is 920. The highest BCUT2D eigenvalue weighted by atomic mass is 16.6. The van der Waals surface area contributed by atoms with Crippen molar-refractivity contribution in [3.8, 4) is 0 Å². The fourth-order valence-electron chi connectivity index (χ4n) is 3.74. The van der Waals surface area contributed by atoms with E-state index in [-0.39, 0.29) is 12.1 Å². The summed E-state index contributed by atoms with van der Waals surface area (Å²) in [6.07, 6.45) is 4.79. The number of ether oxygens (including phenoxy) is 2. The summed E-state index contributed by atoms with van der Waals surface area (Å²) in [5.74, 6) is 0. The first-order valence-corrected chi connectivity index (χ1v) is 9.63. The third kappa shape index (κ3) is 3.77. The normalized spacial score (nSPS) is 17.4. The standard InChI is InChI=1S/C22H28N2O4/c1-6-15-10-9-13-23(20(25)27-5)19(15)17-14-24(21(26)28-22(2,3)4)18-12-8-7-11-16(17)18/h7-8,10-12,14,19H,6,9,13H2,1-5H3. The van der Waals surface area contributed by atoms with Crippen molar-refractivity contribution >= 4 is 23.1 Å². The molecular formula is C22H28N2O4. The predicted molar refractivity (Wildman–Crippen MR) is 108 cm³/mol. The number of benzene rings is 1. The van der Waals surface area contributed by atoms with E-state index in [9.17, 15) is 9.59 Å². The second-order valence-electron chi connectivity index (χ2n) is 7.94. The van der Waals surface area contributed by atoms with E-state index in [1.807, 2.05) is 45.0 Å². The molecule has 1 amide bonds. The molecule has 2 heterocycles. The summed E-state index contributed by atoms with van der Waals surface area (Å²) >= 11 is 0. The van der Waals surface area contributed by atoms with Crippen LogP contribution >= 0.6 is 0 Å². The summed E-state index contributed by atoms with van der Waals surface area (Å²) in [6, 6.07) is 7.43. The molecule has 1 atom stereocenters. The average molecular weight is 384 g/mol. The molecule has 2 aromatic rings. The van der Waals surface area contributed by atoms with Crippen molar-refractivity contribution in [2.75, 3.05) is 13.7 Å². The van der Waals surface area contributed by atoms with Crippen LogP contribution in [0.4, 0.5) is 9.59 Å². The Hall–Kier alpha value is -2.76. The van der Waals surface area contributed by atoms with Gasteiger partial charge in [-0.1, -0.05) is 31.2 Å². The van der Waals surface area contributed by atoms with E-state index in [1.165, 1.54) is 11.7 Å². The Kier molecular flexibility index (Phi) is 5.49. The third-order valence-electron chi connectivity index (χ3n) is 4.88. The van der Waals surface area contributed by atoms with E-state index in [1.54, 1.807) is 11.1 Å². The summed E-state index contributed by atoms with van der Waals surface area (Å²) in [7, 11) is 1.40. The first kappa shape index (κ1) is 20.0. The summed E-state index contributed by atoms with van der Waals surface area (Å²) in [5, 5.41) is 0.925. The lowest BCUT2D eigenvalue weighted by molar-refractivity contribution is 0.0544. The molecule has 150 valence electrons. The van der Waals surface area contributed by atoms with Gasteiger partial charge in [-0.25, -0.2) is 9.59 Å². The van der Waals surface area contributed by atoms with Gasteiger partial charge in [0.15, 0.2) is 0 Å². The molecule has 0 saturated carbocycles. The maximum atomic E-state index is 12.8. The highest BCUT2D eigenvalue weighted by Gasteiger charge is 2.33. The Balaban J connectivity index is 2.16. The number of nitrogens with zero attached hydrogens (tertiary/aromatic N) is 2. The minimum Gasteiger partial charge on any atom is -0.453 e. The second-order valence-corrected chi connectivity index (χ2v) is 7.94. The molecule has 6 nitrogen and oxygen atoms in total. The van der Waals surface area contributed by atoms with Crippen LogP contribution in [-0.4, -0.2) is 40.9 Å². The minimum absolute atomic E-state index is 0.264. The number of hydrogen-bond acceptors (Lipinski definition) is 4. The van der Waals surface area contributed by atoms with Crippen molar-refractivity contribution in [1.29, 1.82) is 0 Å². The van der Waals surface area contributed by atoms with E-state index < -0.39 is 11.7 Å². The van der Waals surface area contributed by atoms with Crippen LogP contribution in [0.1, 0.15) is 52.1 Å². The van der Waals surface area contributed by atoms with Gasteiger partial charge in [0.1, 0.15) is 5.60 Å². The summed E-state index contributed by atoms with van der Waals surface area (Å²) in [6.45, 7) is 8.18. The first-order valence-electron chi connectivity index (χ1n) is 9.63. The monoisotopic (exact) mass is 384 g/mol. The van der Waals surface area contributed by atoms with E-state index in [4.69, 9.17) is 9.47 Å². The molecule has 0 fully saturated rings. The van der Waals surface area contributed by atoms with Crippen molar-refractivity contribution in [3.63, 3.8) is 0 Å². The van der Waals surface area contributed by atoms with E-state index in [2.05, 4.69) is 13.0 Å². The zero-order valence-corrected chi connectivity index (χ0v) is 17.2. The van der Waals surface area contributed by atoms with E-state index in [0.29, 0.717) is 6.54 Å². The van der Waals surface area contributed by atoms with Gasteiger partial charge in [0.2, 0.25) is 0 Å². The number of carbonyl (C=O) groups excluding carboxylic acids is 2. The molecule has 1 aromatic carbocycles. The van der Waals surface area contributed by atoms with Crippen LogP contribution in [0.15, 0.2) is 42.1 Å². The Labute approximate surface area is 165 Å². The number of hydrogen-bond donors (Lipinski definition) is 0. The van der Waals surface area contributed by atoms with Crippen molar-refractivity contribution in [1.82, 2.24) is 9.47 Å². The summed E-state index contributed by atoms with van der Waals surface area (Å²) in [5.41, 5.74) is 2.21.